The van der Waals surface area contributed by atoms with E-state index in [2.05, 4.69) is 85.3 Å². The number of hydrogen-bond acceptors (Lipinski definition) is 17. The first kappa shape index (κ1) is 75.6. The number of nitrogens with zero attached hydrogens (tertiary/aromatic N) is 8. The molecule has 8 aromatic rings. The van der Waals surface area contributed by atoms with Crippen molar-refractivity contribution < 1.29 is 48.5 Å². The van der Waals surface area contributed by atoms with E-state index >= 15 is 0 Å². The number of benzene rings is 4. The molecule has 0 saturated carbocycles. The quantitative estimate of drug-likeness (QED) is 0.0145. The molecule has 493 valence electrons. The molecule has 0 spiro atoms. The normalized spacial score (nSPS) is 12.8. The van der Waals surface area contributed by atoms with Gasteiger partial charge >= 0.3 is 16.5 Å². The van der Waals surface area contributed by atoms with Crippen molar-refractivity contribution in [3.63, 3.8) is 0 Å². The smallest absolute Gasteiger partial charge is 0.495 e. The Labute approximate surface area is 549 Å². The number of carbonyl (C=O) groups excluding carboxylic acids is 2. The molecule has 1 atom stereocenters. The van der Waals surface area contributed by atoms with Gasteiger partial charge in [0.25, 0.3) is 11.1 Å². The van der Waals surface area contributed by atoms with Crippen LogP contribution in [0.15, 0.2) is 150 Å². The Hall–Kier alpha value is -8.90. The Morgan fingerprint density at radius 1 is 0.674 bits per heavy atom. The van der Waals surface area contributed by atoms with E-state index in [-0.39, 0.29) is 69.9 Å². The number of pyridine rings is 2. The van der Waals surface area contributed by atoms with Gasteiger partial charge in [0.2, 0.25) is 22.9 Å². The van der Waals surface area contributed by atoms with Gasteiger partial charge in [-0.05, 0) is 97.8 Å². The van der Waals surface area contributed by atoms with Crippen LogP contribution in [0.3, 0.4) is 0 Å². The van der Waals surface area contributed by atoms with Crippen molar-refractivity contribution in [2.24, 2.45) is 0 Å². The van der Waals surface area contributed by atoms with Gasteiger partial charge in [0.15, 0.2) is 11.3 Å². The monoisotopic (exact) mass is 1320 g/mol. The number of fused-ring (bicyclic) bond motifs is 2. The summed E-state index contributed by atoms with van der Waals surface area (Å²) in [5.74, 6) is 0.834. The van der Waals surface area contributed by atoms with E-state index in [1.807, 2.05) is 57.2 Å². The molecule has 4 aromatic heterocycles. The minimum Gasteiger partial charge on any atom is -0.495 e. The maximum absolute atomic E-state index is 13.2. The number of halogens is 2. The van der Waals surface area contributed by atoms with Crippen molar-refractivity contribution in [2.75, 3.05) is 105 Å². The first-order valence-corrected chi connectivity index (χ1v) is 30.9. The molecule has 2 aliphatic heterocycles. The van der Waals surface area contributed by atoms with Crippen LogP contribution in [0.25, 0.3) is 33.4 Å². The van der Waals surface area contributed by atoms with Gasteiger partial charge in [0.05, 0.1) is 59.9 Å². The average molecular weight is 1330 g/mol. The molecule has 7 N–H and O–H groups in total. The number of likely N-dealkylation sites (tertiary alicyclic amines) is 2. The Bertz CT molecular complexity index is 3900. The van der Waals surface area contributed by atoms with Crippen LogP contribution in [0.1, 0.15) is 44.7 Å². The minimum absolute atomic E-state index is 0. The number of aryl methyl sites for hydroxylation is 2. The molecule has 21 nitrogen and oxygen atoms in total. The third-order valence-electron chi connectivity index (χ3n) is 13.4. The fraction of sp³-hybridized carbons (Fsp3) is 0.299. The van der Waals surface area contributed by atoms with Gasteiger partial charge < -0.3 is 62.6 Å². The van der Waals surface area contributed by atoms with Crippen molar-refractivity contribution in [1.29, 1.82) is 0 Å². The Kier molecular flexibility index (Phi) is 31.3. The SMILES string of the molecule is C=CC(=O)Nc1cccc(-n2c(=O)cc(C)c3cnc(Nc4ccc(NC5CN(CCF)C5)cc4OC)nc32)c1.C=CC(=O)Nc1cccc(-n2c(=O)cc(C)c3cnc(S(C)=O)nc32)c1.COc1cc(NC2CN(CCF)C2)ccc1N.[CH2-]C.[CH2-]CC.[CH2-]CC.[Ni+3]. The van der Waals surface area contributed by atoms with E-state index in [0.29, 0.717) is 86.8 Å². The summed E-state index contributed by atoms with van der Waals surface area (Å²) < 4.78 is 50.0. The van der Waals surface area contributed by atoms with E-state index in [0.717, 1.165) is 67.6 Å². The van der Waals surface area contributed by atoms with E-state index in [1.165, 1.54) is 33.6 Å². The third kappa shape index (κ3) is 21.1. The van der Waals surface area contributed by atoms with Crippen LogP contribution in [0, 0.1) is 34.6 Å². The molecule has 1 radical (unpaired) electrons. The number of anilines is 7. The van der Waals surface area contributed by atoms with Crippen molar-refractivity contribution in [1.82, 2.24) is 38.9 Å². The van der Waals surface area contributed by atoms with Crippen LogP contribution in [-0.2, 0) is 36.9 Å². The standard InChI is InChI=1S/C29H30FN7O3.C18H16N4O3S.C12H18FN3O.2C3H7.C2H5.Ni/c1-4-26(38)33-19-6-5-7-22(13-19)37-27(39)12-18(2)23-15-31-29(35-28(23)37)34-24-9-8-20(14-25(24)40-3)32-21-16-36(17-21)11-10-30;1-4-15(23)20-12-6-5-7-13(9-12)22-16(24)8-11(2)14-10-19-18(26(3)25)21-17(14)22;1-17-12-6-9(2-3-11(12)14)15-10-7-16(8-10)5-4-13;2*1-3-2;1-2;/h4-9,12-15,21,32H,1,10-11,16-17H2,2-3H3,(H,33,38)(H,31,34,35);4-10H,1H2,2-3H3,(H,20,23);2-3,6,10,15H,4-5,7-8,14H2,1H3;2*1,3H2,2H3;1H2,2H3;/q;;;3*-1;+3. The molecule has 10 rings (SSSR count). The summed E-state index contributed by atoms with van der Waals surface area (Å²) in [4.78, 5) is 70.9. The zero-order valence-electron chi connectivity index (χ0n) is 53.3. The number of rotatable bonds is 19. The molecule has 2 saturated heterocycles. The first-order valence-electron chi connectivity index (χ1n) is 29.3. The van der Waals surface area contributed by atoms with Crippen molar-refractivity contribution in [2.45, 2.75) is 64.7 Å². The number of hydrogen-bond donors (Lipinski definition) is 6. The number of carbonyl (C=O) groups is 2. The van der Waals surface area contributed by atoms with Crippen LogP contribution in [0.2, 0.25) is 0 Å². The number of nitrogen functional groups attached to an aromatic ring is 1. The van der Waals surface area contributed by atoms with Crippen LogP contribution < -0.4 is 52.9 Å². The number of aromatic nitrogens is 6. The fourth-order valence-electron chi connectivity index (χ4n) is 9.22. The molecule has 0 aliphatic carbocycles. The third-order valence-corrected chi connectivity index (χ3v) is 14.1. The molecular formula is C67H83F2N14NiO7S. The van der Waals surface area contributed by atoms with Gasteiger partial charge in [0, 0.05) is 116 Å². The molecule has 6 heterocycles. The second-order valence-electron chi connectivity index (χ2n) is 20.3. The summed E-state index contributed by atoms with van der Waals surface area (Å²) in [7, 11) is 1.80. The van der Waals surface area contributed by atoms with Crippen molar-refractivity contribution in [3.8, 4) is 22.9 Å². The number of nitrogens with two attached hydrogens (primary N) is 1. The molecule has 1 unspecified atom stereocenters. The van der Waals surface area contributed by atoms with Crippen LogP contribution >= 0.6 is 0 Å². The maximum atomic E-state index is 13.2. The molecule has 0 bridgehead atoms. The van der Waals surface area contributed by atoms with E-state index in [1.54, 1.807) is 89.0 Å². The Morgan fingerprint density at radius 3 is 1.54 bits per heavy atom. The summed E-state index contributed by atoms with van der Waals surface area (Å²) in [5, 5.41) is 16.9. The summed E-state index contributed by atoms with van der Waals surface area (Å²) in [6.07, 6.45) is 9.05. The number of alkyl halides is 2. The second-order valence-corrected chi connectivity index (χ2v) is 21.6. The first-order chi connectivity index (χ1) is 43.8. The predicted octanol–water partition coefficient (Wildman–Crippen LogP) is 10.6. The number of amides is 2. The van der Waals surface area contributed by atoms with Crippen LogP contribution in [0.4, 0.5) is 48.9 Å². The summed E-state index contributed by atoms with van der Waals surface area (Å²) in [5.41, 5.74) is 12.7. The molecule has 2 aliphatic rings. The molecular weight excluding hydrogens is 1240 g/mol. The van der Waals surface area contributed by atoms with Gasteiger partial charge in [-0.2, -0.15) is 24.7 Å². The number of methoxy groups -OCH3 is 2. The molecule has 2 amide bonds. The number of ether oxygens (including phenoxy) is 2. The van der Waals surface area contributed by atoms with E-state index < -0.39 is 10.8 Å². The summed E-state index contributed by atoms with van der Waals surface area (Å²) >= 11 is 0. The molecule has 4 aromatic carbocycles. The predicted molar refractivity (Wildman–Crippen MR) is 365 cm³/mol. The number of nitrogens with one attached hydrogen (secondary N) is 5. The molecule has 25 heteroatoms. The van der Waals surface area contributed by atoms with Crippen LogP contribution in [0.5, 0.6) is 11.5 Å². The van der Waals surface area contributed by atoms with Gasteiger partial charge in [-0.15, -0.1) is 0 Å². The van der Waals surface area contributed by atoms with E-state index in [9.17, 15) is 32.2 Å². The summed E-state index contributed by atoms with van der Waals surface area (Å²) in [6.45, 7) is 30.2. The Morgan fingerprint density at radius 2 is 1.11 bits per heavy atom. The Balaban J connectivity index is 0.000000298. The van der Waals surface area contributed by atoms with Crippen LogP contribution in [-0.4, -0.2) is 140 Å². The van der Waals surface area contributed by atoms with Crippen molar-refractivity contribution >= 4 is 84.8 Å². The maximum Gasteiger partial charge on any atom is 3.00 e. The second kappa shape index (κ2) is 38.1. The molecule has 92 heavy (non-hydrogen) atoms. The van der Waals surface area contributed by atoms with Gasteiger partial charge in [0.1, 0.15) is 24.8 Å². The van der Waals surface area contributed by atoms with Gasteiger partial charge in [-0.1, -0.05) is 39.1 Å². The van der Waals surface area contributed by atoms with Crippen molar-refractivity contribution in [3.05, 3.63) is 187 Å². The topological polar surface area (TPSA) is 258 Å². The largest absolute Gasteiger partial charge is 3.00 e. The zero-order chi connectivity index (χ0) is 66.7. The van der Waals surface area contributed by atoms with Gasteiger partial charge in [-0.3, -0.25) is 42.3 Å². The van der Waals surface area contributed by atoms with E-state index in [4.69, 9.17) is 20.2 Å². The van der Waals surface area contributed by atoms with Gasteiger partial charge in [-0.25, -0.2) is 23.7 Å². The summed E-state index contributed by atoms with van der Waals surface area (Å²) in [6, 6.07) is 28.7. The average Bonchev–Trinajstić information content (AvgIpc) is 0.816. The zero-order valence-corrected chi connectivity index (χ0v) is 55.1. The molecule has 2 fully saturated rings. The fourth-order valence-corrected chi connectivity index (χ4v) is 9.64. The minimum atomic E-state index is -1.38.